The highest BCUT2D eigenvalue weighted by Crippen LogP contribution is 2.27. The summed E-state index contributed by atoms with van der Waals surface area (Å²) in [5.41, 5.74) is 5.37. The molecule has 1 amide bonds. The number of carbonyl (C=O) groups is 1. The molecule has 0 bridgehead atoms. The van der Waals surface area contributed by atoms with Gasteiger partial charge in [-0.25, -0.2) is 14.3 Å². The maximum absolute atomic E-state index is 13.4. The van der Waals surface area contributed by atoms with Gasteiger partial charge in [0, 0.05) is 54.4 Å². The molecule has 1 aliphatic heterocycles. The molecule has 0 atom stereocenters. The summed E-state index contributed by atoms with van der Waals surface area (Å²) >= 11 is 0. The van der Waals surface area contributed by atoms with E-state index in [2.05, 4.69) is 46.7 Å². The van der Waals surface area contributed by atoms with Gasteiger partial charge in [0.2, 0.25) is 5.95 Å². The molecular weight excluding hydrogens is 480 g/mol. The summed E-state index contributed by atoms with van der Waals surface area (Å²) in [6.07, 6.45) is 4.12. The van der Waals surface area contributed by atoms with Gasteiger partial charge in [0.25, 0.3) is 11.5 Å². The molecule has 5 rings (SSSR count). The summed E-state index contributed by atoms with van der Waals surface area (Å²) < 4.78 is 3.54. The third kappa shape index (κ3) is 4.56. The van der Waals surface area contributed by atoms with Crippen LogP contribution in [-0.2, 0) is 18.4 Å². The highest BCUT2D eigenvalue weighted by atomic mass is 16.1. The van der Waals surface area contributed by atoms with Crippen LogP contribution < -0.4 is 21.5 Å². The Kier molecular flexibility index (Phi) is 6.52. The molecule has 1 aromatic carbocycles. The number of carbonyl (C=O) groups excluding carboxylic acids is 1. The lowest BCUT2D eigenvalue weighted by Gasteiger charge is -2.21. The maximum Gasteiger partial charge on any atom is 0.278 e. The van der Waals surface area contributed by atoms with Gasteiger partial charge >= 0.3 is 0 Å². The summed E-state index contributed by atoms with van der Waals surface area (Å²) in [7, 11) is 1.63. The monoisotopic (exact) mass is 514 g/mol. The second kappa shape index (κ2) is 9.68. The molecule has 0 aliphatic carbocycles. The molecule has 4 aromatic rings. The number of nitrogens with one attached hydrogen (secondary N) is 3. The maximum atomic E-state index is 13.4. The van der Waals surface area contributed by atoms with E-state index in [1.807, 2.05) is 42.8 Å². The zero-order chi connectivity index (χ0) is 27.2. The quantitative estimate of drug-likeness (QED) is 0.372. The third-order valence-corrected chi connectivity index (χ3v) is 6.81. The molecule has 198 valence electrons. The second-order valence-corrected chi connectivity index (χ2v) is 10.9. The van der Waals surface area contributed by atoms with Crippen molar-refractivity contribution in [3.8, 4) is 5.69 Å². The first-order valence-corrected chi connectivity index (χ1v) is 12.9. The van der Waals surface area contributed by atoms with Crippen molar-refractivity contribution in [2.75, 3.05) is 18.9 Å². The van der Waals surface area contributed by atoms with E-state index in [1.54, 1.807) is 24.1 Å². The number of amides is 1. The van der Waals surface area contributed by atoms with Crippen LogP contribution in [0.25, 0.3) is 16.7 Å². The van der Waals surface area contributed by atoms with Crippen LogP contribution in [0, 0.1) is 0 Å². The fourth-order valence-corrected chi connectivity index (χ4v) is 4.90. The number of aromatic nitrogens is 5. The van der Waals surface area contributed by atoms with Gasteiger partial charge in [0.05, 0.1) is 5.69 Å². The minimum absolute atomic E-state index is 0.109. The van der Waals surface area contributed by atoms with Gasteiger partial charge < -0.3 is 16.0 Å². The van der Waals surface area contributed by atoms with E-state index in [4.69, 9.17) is 4.98 Å². The van der Waals surface area contributed by atoms with Crippen molar-refractivity contribution in [3.63, 3.8) is 0 Å². The van der Waals surface area contributed by atoms with Gasteiger partial charge in [-0.1, -0.05) is 20.8 Å². The number of hydrogen-bond donors (Lipinski definition) is 3. The Balaban J connectivity index is 1.64. The fourth-order valence-electron chi connectivity index (χ4n) is 4.90. The molecule has 3 aromatic heterocycles. The zero-order valence-corrected chi connectivity index (χ0v) is 22.7. The van der Waals surface area contributed by atoms with E-state index in [0.29, 0.717) is 34.8 Å². The van der Waals surface area contributed by atoms with Gasteiger partial charge in [-0.2, -0.15) is 4.98 Å². The zero-order valence-electron chi connectivity index (χ0n) is 22.7. The summed E-state index contributed by atoms with van der Waals surface area (Å²) in [6, 6.07) is 7.63. The van der Waals surface area contributed by atoms with Crippen molar-refractivity contribution >= 4 is 28.6 Å². The van der Waals surface area contributed by atoms with Gasteiger partial charge in [-0.15, -0.1) is 0 Å². The first-order valence-electron chi connectivity index (χ1n) is 12.9. The van der Waals surface area contributed by atoms with Crippen LogP contribution in [0.15, 0.2) is 41.5 Å². The molecule has 0 saturated carbocycles. The summed E-state index contributed by atoms with van der Waals surface area (Å²) in [4.78, 5) is 39.8. The van der Waals surface area contributed by atoms with Crippen LogP contribution in [0.3, 0.4) is 0 Å². The Hall–Kier alpha value is -4.05. The molecule has 38 heavy (non-hydrogen) atoms. The van der Waals surface area contributed by atoms with Gasteiger partial charge in [-0.3, -0.25) is 14.6 Å². The summed E-state index contributed by atoms with van der Waals surface area (Å²) in [5.74, 6) is 0.210. The number of anilines is 2. The predicted molar refractivity (Wildman–Crippen MR) is 149 cm³/mol. The SMILES string of the molecule is CNC(=O)c1cc(Nc2ncc3c(=O)n(C(C)C)n(-c4ccnc(C(C)(C)C)c4)c3n2)cc2c1CCNC2. The summed E-state index contributed by atoms with van der Waals surface area (Å²) in [6.45, 7) is 11.8. The molecule has 0 radical (unpaired) electrons. The highest BCUT2D eigenvalue weighted by molar-refractivity contribution is 5.97. The van der Waals surface area contributed by atoms with Crippen LogP contribution >= 0.6 is 0 Å². The average molecular weight is 515 g/mol. The van der Waals surface area contributed by atoms with Crippen molar-refractivity contribution in [2.45, 2.75) is 59.0 Å². The Morgan fingerprint density at radius 2 is 1.95 bits per heavy atom. The standard InChI is InChI=1S/C28H34N8O2/c1-16(2)35-26(38)22-15-32-27(34-24(22)36(35)19-7-10-31-23(13-19)28(3,4)5)33-18-11-17-14-30-9-8-20(17)21(12-18)25(37)29-6/h7,10-13,15-16,30H,8-9,14H2,1-6H3,(H,29,37)(H,32,33,34). The topological polar surface area (TPSA) is 119 Å². The van der Waals surface area contributed by atoms with Crippen LogP contribution in [0.2, 0.25) is 0 Å². The molecule has 0 saturated heterocycles. The summed E-state index contributed by atoms with van der Waals surface area (Å²) in [5, 5.41) is 9.81. The molecule has 4 heterocycles. The van der Waals surface area contributed by atoms with E-state index in [-0.39, 0.29) is 22.9 Å². The van der Waals surface area contributed by atoms with Crippen LogP contribution in [0.5, 0.6) is 0 Å². The van der Waals surface area contributed by atoms with Crippen molar-refractivity contribution in [2.24, 2.45) is 0 Å². The molecule has 10 nitrogen and oxygen atoms in total. The van der Waals surface area contributed by atoms with Crippen LogP contribution in [0.4, 0.5) is 11.6 Å². The van der Waals surface area contributed by atoms with Gasteiger partial charge in [0.15, 0.2) is 5.65 Å². The number of fused-ring (bicyclic) bond motifs is 2. The molecule has 0 unspecified atom stereocenters. The first-order chi connectivity index (χ1) is 18.1. The number of rotatable bonds is 5. The molecule has 1 aliphatic rings. The van der Waals surface area contributed by atoms with E-state index in [9.17, 15) is 9.59 Å². The normalized spacial score (nSPS) is 13.6. The third-order valence-electron chi connectivity index (χ3n) is 6.81. The number of hydrogen-bond acceptors (Lipinski definition) is 7. The lowest BCUT2D eigenvalue weighted by molar-refractivity contribution is 0.0962. The van der Waals surface area contributed by atoms with Crippen molar-refractivity contribution in [1.29, 1.82) is 0 Å². The molecule has 3 N–H and O–H groups in total. The van der Waals surface area contributed by atoms with Crippen LogP contribution in [-0.4, -0.2) is 43.8 Å². The molecule has 10 heteroatoms. The molecule has 0 spiro atoms. The number of benzene rings is 1. The smallest absolute Gasteiger partial charge is 0.278 e. The second-order valence-electron chi connectivity index (χ2n) is 10.9. The van der Waals surface area contributed by atoms with Gasteiger partial charge in [-0.05, 0) is 62.2 Å². The predicted octanol–water partition coefficient (Wildman–Crippen LogP) is 3.60. The van der Waals surface area contributed by atoms with Crippen LogP contribution in [0.1, 0.15) is 67.8 Å². The minimum atomic E-state index is -0.159. The number of nitrogens with zero attached hydrogens (tertiary/aromatic N) is 5. The Morgan fingerprint density at radius 3 is 2.66 bits per heavy atom. The molecular formula is C28H34N8O2. The fraction of sp³-hybridized carbons (Fsp3) is 0.393. The van der Waals surface area contributed by atoms with E-state index in [1.165, 1.54) is 0 Å². The van der Waals surface area contributed by atoms with E-state index in [0.717, 1.165) is 35.5 Å². The lowest BCUT2D eigenvalue weighted by Crippen LogP contribution is -2.28. The van der Waals surface area contributed by atoms with Gasteiger partial charge in [0.1, 0.15) is 5.39 Å². The largest absolute Gasteiger partial charge is 0.355 e. The Bertz CT molecular complexity index is 1590. The number of pyridine rings is 1. The van der Waals surface area contributed by atoms with Crippen molar-refractivity contribution in [3.05, 3.63) is 69.4 Å². The highest BCUT2D eigenvalue weighted by Gasteiger charge is 2.23. The first kappa shape index (κ1) is 25.6. The molecule has 0 fully saturated rings. The average Bonchev–Trinajstić information content (AvgIpc) is 3.19. The lowest BCUT2D eigenvalue weighted by atomic mass is 9.91. The van der Waals surface area contributed by atoms with E-state index < -0.39 is 0 Å². The Morgan fingerprint density at radius 1 is 1.16 bits per heavy atom. The van der Waals surface area contributed by atoms with E-state index >= 15 is 0 Å². The minimum Gasteiger partial charge on any atom is -0.355 e. The Labute approximate surface area is 221 Å². The van der Waals surface area contributed by atoms with Crippen molar-refractivity contribution < 1.29 is 4.79 Å². The van der Waals surface area contributed by atoms with Crippen molar-refractivity contribution in [1.82, 2.24) is 34.9 Å².